The lowest BCUT2D eigenvalue weighted by Gasteiger charge is -2.37. The van der Waals surface area contributed by atoms with E-state index in [9.17, 15) is 4.79 Å². The van der Waals surface area contributed by atoms with Gasteiger partial charge < -0.3 is 8.85 Å². The van der Waals surface area contributed by atoms with Gasteiger partial charge in [-0.05, 0) is 49.9 Å². The summed E-state index contributed by atoms with van der Waals surface area (Å²) in [6, 6.07) is 5.60. The summed E-state index contributed by atoms with van der Waals surface area (Å²) >= 11 is 0. The molecule has 1 aromatic carbocycles. The third-order valence-electron chi connectivity index (χ3n) is 3.73. The topological polar surface area (TPSA) is 35.5 Å². The molecule has 1 aromatic rings. The van der Waals surface area contributed by atoms with Crippen LogP contribution in [0.4, 0.5) is 0 Å². The number of benzene rings is 1. The molecule has 21 heavy (non-hydrogen) atoms. The largest absolute Gasteiger partial charge is 0.544 e. The zero-order valence-corrected chi connectivity index (χ0v) is 16.5. The highest BCUT2D eigenvalue weighted by Crippen LogP contribution is 2.39. The Bertz CT molecular complexity index is 511. The molecule has 0 aliphatic heterocycles. The van der Waals surface area contributed by atoms with Crippen LogP contribution < -0.4 is 8.85 Å². The molecule has 0 N–H and O–H groups in total. The van der Waals surface area contributed by atoms with Gasteiger partial charge in [-0.15, -0.1) is 0 Å². The Morgan fingerprint density at radius 1 is 0.952 bits per heavy atom. The van der Waals surface area contributed by atoms with Gasteiger partial charge in [-0.1, -0.05) is 26.8 Å². The number of rotatable bonds is 5. The lowest BCUT2D eigenvalue weighted by molar-refractivity contribution is 0.112. The molecule has 0 aliphatic rings. The van der Waals surface area contributed by atoms with Gasteiger partial charge in [-0.2, -0.15) is 0 Å². The van der Waals surface area contributed by atoms with Gasteiger partial charge >= 0.3 is 0 Å². The van der Waals surface area contributed by atoms with E-state index in [1.807, 2.05) is 18.2 Å². The molecule has 0 saturated carbocycles. The summed E-state index contributed by atoms with van der Waals surface area (Å²) in [5.74, 6) is 1.28. The minimum Gasteiger partial charge on any atom is -0.544 e. The van der Waals surface area contributed by atoms with Crippen LogP contribution in [0.25, 0.3) is 0 Å². The maximum atomic E-state index is 11.5. The van der Waals surface area contributed by atoms with Crippen molar-refractivity contribution < 1.29 is 13.6 Å². The third-order valence-corrected chi connectivity index (χ3v) is 8.91. The minimum atomic E-state index is -1.98. The summed E-state index contributed by atoms with van der Waals surface area (Å²) in [5.41, 5.74) is 0.532. The van der Waals surface area contributed by atoms with Crippen molar-refractivity contribution in [1.82, 2.24) is 0 Å². The van der Waals surface area contributed by atoms with Crippen LogP contribution in [0.1, 0.15) is 31.1 Å². The van der Waals surface area contributed by atoms with Crippen molar-refractivity contribution in [3.05, 3.63) is 23.8 Å². The first-order valence-electron chi connectivity index (χ1n) is 7.33. The maximum Gasteiger partial charge on any atom is 0.250 e. The van der Waals surface area contributed by atoms with Gasteiger partial charge in [0.1, 0.15) is 11.5 Å². The van der Waals surface area contributed by atoms with Crippen molar-refractivity contribution in [3.8, 4) is 11.5 Å². The first-order chi connectivity index (χ1) is 9.37. The van der Waals surface area contributed by atoms with Gasteiger partial charge in [0, 0.05) is 0 Å². The molecule has 1 rings (SSSR count). The van der Waals surface area contributed by atoms with Gasteiger partial charge in [0.2, 0.25) is 8.32 Å². The normalized spacial score (nSPS) is 13.0. The Labute approximate surface area is 130 Å². The zero-order chi connectivity index (χ0) is 16.5. The summed E-state index contributed by atoms with van der Waals surface area (Å²) in [4.78, 5) is 11.5. The lowest BCUT2D eigenvalue weighted by atomic mass is 10.2. The van der Waals surface area contributed by atoms with E-state index in [-0.39, 0.29) is 5.04 Å². The molecule has 118 valence electrons. The fourth-order valence-corrected chi connectivity index (χ4v) is 3.45. The molecule has 0 aromatic heterocycles. The molecule has 0 saturated heterocycles. The van der Waals surface area contributed by atoms with Crippen LogP contribution in [0.15, 0.2) is 18.2 Å². The Morgan fingerprint density at radius 2 is 1.43 bits per heavy atom. The van der Waals surface area contributed by atoms with E-state index in [0.717, 1.165) is 6.29 Å². The van der Waals surface area contributed by atoms with Crippen LogP contribution in [-0.2, 0) is 0 Å². The van der Waals surface area contributed by atoms with Crippen LogP contribution in [0.2, 0.25) is 37.8 Å². The van der Waals surface area contributed by atoms with Crippen LogP contribution in [0.3, 0.4) is 0 Å². The predicted octanol–water partition coefficient (Wildman–Crippen LogP) is 5.10. The van der Waals surface area contributed by atoms with Crippen molar-refractivity contribution in [3.63, 3.8) is 0 Å². The quantitative estimate of drug-likeness (QED) is 0.558. The number of carbonyl (C=O) groups is 1. The fraction of sp³-hybridized carbons (Fsp3) is 0.562. The highest BCUT2D eigenvalue weighted by atomic mass is 28.4. The van der Waals surface area contributed by atoms with Gasteiger partial charge in [0.05, 0.1) is 5.56 Å². The molecule has 0 bridgehead atoms. The lowest BCUT2D eigenvalue weighted by Crippen LogP contribution is -2.44. The van der Waals surface area contributed by atoms with Gasteiger partial charge in [-0.3, -0.25) is 4.79 Å². The smallest absolute Gasteiger partial charge is 0.250 e. The van der Waals surface area contributed by atoms with Crippen molar-refractivity contribution in [2.75, 3.05) is 0 Å². The monoisotopic (exact) mass is 324 g/mol. The standard InChI is InChI=1S/C16H28O3Si2/c1-16(2,3)21(7,8)19-15-11-9-10-14(13(15)12-17)18-20(4,5)6/h9-12H,1-8H3. The van der Waals surface area contributed by atoms with Crippen LogP contribution in [0, 0.1) is 0 Å². The highest BCUT2D eigenvalue weighted by Gasteiger charge is 2.39. The average molecular weight is 325 g/mol. The van der Waals surface area contributed by atoms with Crippen LogP contribution in [0.5, 0.6) is 11.5 Å². The number of hydrogen-bond acceptors (Lipinski definition) is 3. The second-order valence-corrected chi connectivity index (χ2v) is 17.0. The molecular formula is C16H28O3Si2. The van der Waals surface area contributed by atoms with E-state index >= 15 is 0 Å². The molecule has 5 heteroatoms. The molecule has 0 heterocycles. The van der Waals surface area contributed by atoms with Crippen molar-refractivity contribution in [2.45, 2.75) is 58.5 Å². The number of hydrogen-bond donors (Lipinski definition) is 0. The van der Waals surface area contributed by atoms with Crippen molar-refractivity contribution >= 4 is 22.9 Å². The summed E-state index contributed by atoms with van der Waals surface area (Å²) in [7, 11) is -3.75. The van der Waals surface area contributed by atoms with Crippen molar-refractivity contribution in [1.29, 1.82) is 0 Å². The fourth-order valence-electron chi connectivity index (χ4n) is 1.58. The van der Waals surface area contributed by atoms with E-state index in [0.29, 0.717) is 17.1 Å². The molecule has 0 aliphatic carbocycles. The SMILES string of the molecule is CC(C)(C)[Si](C)(C)Oc1cccc(O[Si](C)(C)C)c1C=O. The van der Waals surface area contributed by atoms with Crippen LogP contribution in [-0.4, -0.2) is 22.9 Å². The Balaban J connectivity index is 3.21. The Hall–Kier alpha value is -1.08. The highest BCUT2D eigenvalue weighted by molar-refractivity contribution is 6.74. The number of aldehydes is 1. The average Bonchev–Trinajstić information content (AvgIpc) is 2.25. The minimum absolute atomic E-state index is 0.0861. The molecule has 0 atom stereocenters. The molecule has 0 unspecified atom stereocenters. The zero-order valence-electron chi connectivity index (χ0n) is 14.5. The first kappa shape index (κ1) is 18.0. The van der Waals surface area contributed by atoms with Crippen molar-refractivity contribution in [2.24, 2.45) is 0 Å². The summed E-state index contributed by atoms with van der Waals surface area (Å²) in [6.07, 6.45) is 0.845. The van der Waals surface area contributed by atoms with Gasteiger partial charge in [0.15, 0.2) is 6.29 Å². The second kappa shape index (κ2) is 5.97. The molecule has 0 amide bonds. The van der Waals surface area contributed by atoms with E-state index in [1.54, 1.807) is 0 Å². The van der Waals surface area contributed by atoms with E-state index in [2.05, 4.69) is 53.5 Å². The summed E-state index contributed by atoms with van der Waals surface area (Å²) < 4.78 is 12.3. The predicted molar refractivity (Wildman–Crippen MR) is 93.6 cm³/mol. The third kappa shape index (κ3) is 4.71. The Morgan fingerprint density at radius 3 is 1.81 bits per heavy atom. The van der Waals surface area contributed by atoms with Gasteiger partial charge in [0.25, 0.3) is 8.32 Å². The molecular weight excluding hydrogens is 296 g/mol. The number of carbonyl (C=O) groups excluding carboxylic acids is 1. The van der Waals surface area contributed by atoms with E-state index in [4.69, 9.17) is 8.85 Å². The summed E-state index contributed by atoms with van der Waals surface area (Å²) in [6.45, 7) is 17.2. The Kier molecular flexibility index (Phi) is 5.11. The summed E-state index contributed by atoms with van der Waals surface area (Å²) in [5, 5.41) is 0.0861. The molecule has 3 nitrogen and oxygen atoms in total. The molecule has 0 spiro atoms. The maximum absolute atomic E-state index is 11.5. The molecule has 0 radical (unpaired) electrons. The van der Waals surface area contributed by atoms with E-state index in [1.165, 1.54) is 0 Å². The van der Waals surface area contributed by atoms with Crippen LogP contribution >= 0.6 is 0 Å². The van der Waals surface area contributed by atoms with Gasteiger partial charge in [-0.25, -0.2) is 0 Å². The first-order valence-corrected chi connectivity index (χ1v) is 13.7. The van der Waals surface area contributed by atoms with E-state index < -0.39 is 16.6 Å². The molecule has 0 fully saturated rings. The second-order valence-electron chi connectivity index (χ2n) is 7.86.